The van der Waals surface area contributed by atoms with E-state index in [0.29, 0.717) is 6.42 Å². The zero-order valence-corrected chi connectivity index (χ0v) is 24.1. The van der Waals surface area contributed by atoms with Gasteiger partial charge in [0.25, 0.3) is 0 Å². The second-order valence-corrected chi connectivity index (χ2v) is 9.66. The lowest BCUT2D eigenvalue weighted by atomic mass is 9.78. The molecule has 1 aliphatic rings. The summed E-state index contributed by atoms with van der Waals surface area (Å²) in [5, 5.41) is 8.78. The van der Waals surface area contributed by atoms with Gasteiger partial charge in [-0.1, -0.05) is 42.8 Å². The van der Waals surface area contributed by atoms with E-state index in [1.165, 1.54) is 6.08 Å². The molecule has 0 saturated heterocycles. The highest BCUT2D eigenvalue weighted by Crippen LogP contribution is 2.44. The van der Waals surface area contributed by atoms with E-state index in [4.69, 9.17) is 35.7 Å². The molecule has 0 aromatic carbocycles. The van der Waals surface area contributed by atoms with Crippen molar-refractivity contribution in [2.75, 3.05) is 0 Å². The number of hydrogen-bond donors (Lipinski definition) is 1. The minimum absolute atomic E-state index is 0.00143. The van der Waals surface area contributed by atoms with E-state index in [-0.39, 0.29) is 30.7 Å². The molecular weight excluding hydrogens is 548 g/mol. The van der Waals surface area contributed by atoms with Crippen LogP contribution in [-0.2, 0) is 47.7 Å². The third-order valence-electron chi connectivity index (χ3n) is 5.85. The Morgan fingerprint density at radius 3 is 2.08 bits per heavy atom. The van der Waals surface area contributed by atoms with E-state index in [9.17, 15) is 28.8 Å². The number of hydrogen-bond acceptors (Lipinski definition) is 10. The molecule has 40 heavy (non-hydrogen) atoms. The van der Waals surface area contributed by atoms with Gasteiger partial charge in [-0.15, -0.1) is 0 Å². The van der Waals surface area contributed by atoms with E-state index in [1.807, 2.05) is 19.1 Å². The van der Waals surface area contributed by atoms with Gasteiger partial charge >= 0.3 is 29.8 Å². The molecule has 0 saturated carbocycles. The quantitative estimate of drug-likeness (QED) is 0.159. The Morgan fingerprint density at radius 1 is 0.950 bits per heavy atom. The minimum atomic E-state index is -1.74. The number of carbonyl (C=O) groups is 6. The van der Waals surface area contributed by atoms with Crippen LogP contribution in [0.5, 0.6) is 0 Å². The lowest BCUT2D eigenvalue weighted by Crippen LogP contribution is -2.56. The zero-order chi connectivity index (χ0) is 30.5. The molecule has 0 aromatic rings. The van der Waals surface area contributed by atoms with Crippen molar-refractivity contribution in [2.45, 2.75) is 97.1 Å². The highest BCUT2D eigenvalue weighted by atomic mass is 35.5. The predicted octanol–water partition coefficient (Wildman–Crippen LogP) is 3.96. The Bertz CT molecular complexity index is 1040. The van der Waals surface area contributed by atoms with Gasteiger partial charge in [0, 0.05) is 40.5 Å². The minimum Gasteiger partial charge on any atom is -0.481 e. The summed E-state index contributed by atoms with van der Waals surface area (Å²) in [6.45, 7) is 6.33. The average molecular weight is 585 g/mol. The van der Waals surface area contributed by atoms with Crippen LogP contribution in [0.25, 0.3) is 0 Å². The lowest BCUT2D eigenvalue weighted by Gasteiger charge is -2.40. The Balaban J connectivity index is 3.71. The van der Waals surface area contributed by atoms with Crippen molar-refractivity contribution in [2.24, 2.45) is 5.92 Å². The van der Waals surface area contributed by atoms with Crippen LogP contribution in [0.4, 0.5) is 0 Å². The molecule has 0 aromatic heterocycles. The summed E-state index contributed by atoms with van der Waals surface area (Å²) in [4.78, 5) is 73.3. The Kier molecular flexibility index (Phi) is 14.3. The summed E-state index contributed by atoms with van der Waals surface area (Å²) in [6, 6.07) is 0. The number of Topliss-reactive ketones (excluding diaryl/α,β-unsaturated/α-hetero) is 1. The van der Waals surface area contributed by atoms with Crippen LogP contribution < -0.4 is 0 Å². The SMILES string of the molecule is CC/C=C\C/C=C\C[C@@]1(OC(C)=O)C=C(Cl)C(=O)[C@@H]1[C@@H](OC(C)=O)[C@H](OC(C)=O)[C@H](CCCC(=O)O)OC(C)=O. The molecule has 0 unspecified atom stereocenters. The van der Waals surface area contributed by atoms with Crippen LogP contribution in [0.3, 0.4) is 0 Å². The van der Waals surface area contributed by atoms with Crippen LogP contribution >= 0.6 is 11.6 Å². The van der Waals surface area contributed by atoms with Gasteiger partial charge in [0.1, 0.15) is 17.6 Å². The molecular formula is C28H37ClO11. The Hall–Kier alpha value is -3.47. The maximum atomic E-state index is 13.5. The summed E-state index contributed by atoms with van der Waals surface area (Å²) >= 11 is 6.27. The van der Waals surface area contributed by atoms with Crippen molar-refractivity contribution in [3.8, 4) is 0 Å². The van der Waals surface area contributed by atoms with Gasteiger partial charge in [0.05, 0.1) is 5.03 Å². The first kappa shape index (κ1) is 34.6. The van der Waals surface area contributed by atoms with E-state index >= 15 is 0 Å². The highest BCUT2D eigenvalue weighted by molar-refractivity contribution is 6.44. The summed E-state index contributed by atoms with van der Waals surface area (Å²) in [5.41, 5.74) is -1.74. The van der Waals surface area contributed by atoms with Gasteiger partial charge in [-0.05, 0) is 31.8 Å². The number of ketones is 1. The second-order valence-electron chi connectivity index (χ2n) is 9.26. The number of carboxylic acids is 1. The lowest BCUT2D eigenvalue weighted by molar-refractivity contribution is -0.198. The van der Waals surface area contributed by atoms with Crippen molar-refractivity contribution in [3.05, 3.63) is 35.4 Å². The van der Waals surface area contributed by atoms with Crippen molar-refractivity contribution < 1.29 is 52.8 Å². The monoisotopic (exact) mass is 584 g/mol. The number of rotatable bonds is 16. The van der Waals surface area contributed by atoms with Gasteiger partial charge in [0.2, 0.25) is 0 Å². The van der Waals surface area contributed by atoms with E-state index in [2.05, 4.69) is 0 Å². The molecule has 1 N–H and O–H groups in total. The highest BCUT2D eigenvalue weighted by Gasteiger charge is 2.58. The van der Waals surface area contributed by atoms with Crippen LogP contribution in [0.2, 0.25) is 0 Å². The number of carboxylic acid groups (broad SMARTS) is 1. The topological polar surface area (TPSA) is 160 Å². The Morgan fingerprint density at radius 2 is 1.55 bits per heavy atom. The van der Waals surface area contributed by atoms with Crippen LogP contribution in [0, 0.1) is 5.92 Å². The van der Waals surface area contributed by atoms with Crippen LogP contribution in [0.1, 0.15) is 73.1 Å². The number of halogens is 1. The average Bonchev–Trinajstić information content (AvgIpc) is 3.05. The molecule has 5 atom stereocenters. The summed E-state index contributed by atoms with van der Waals surface area (Å²) in [7, 11) is 0. The van der Waals surface area contributed by atoms with Crippen LogP contribution in [-0.4, -0.2) is 64.6 Å². The van der Waals surface area contributed by atoms with Crippen molar-refractivity contribution in [1.29, 1.82) is 0 Å². The molecule has 0 bridgehead atoms. The number of aliphatic carboxylic acids is 1. The van der Waals surface area contributed by atoms with Gasteiger partial charge < -0.3 is 24.1 Å². The number of ether oxygens (including phenoxy) is 4. The molecule has 12 heteroatoms. The van der Waals surface area contributed by atoms with E-state index in [0.717, 1.165) is 34.1 Å². The first-order chi connectivity index (χ1) is 18.7. The van der Waals surface area contributed by atoms with Crippen molar-refractivity contribution in [1.82, 2.24) is 0 Å². The fraction of sp³-hybridized carbons (Fsp3) is 0.571. The van der Waals surface area contributed by atoms with Crippen molar-refractivity contribution >= 4 is 47.2 Å². The summed E-state index contributed by atoms with van der Waals surface area (Å²) < 4.78 is 22.0. The molecule has 0 spiro atoms. The molecule has 1 rings (SSSR count). The third kappa shape index (κ3) is 11.0. The summed E-state index contributed by atoms with van der Waals surface area (Å²) in [6.07, 6.45) is 5.01. The molecule has 1 aliphatic carbocycles. The van der Waals surface area contributed by atoms with Gasteiger partial charge in [0.15, 0.2) is 18.0 Å². The molecule has 0 fully saturated rings. The predicted molar refractivity (Wildman–Crippen MR) is 143 cm³/mol. The van der Waals surface area contributed by atoms with E-state index < -0.39 is 65.5 Å². The molecule has 0 aliphatic heterocycles. The standard InChI is InChI=1S/C28H37ClO11/c1-6-7-8-9-10-11-15-28(40-20(5)33)16-21(29)25(36)24(28)27(39-19(4)32)26(38-18(3)31)22(37-17(2)30)13-12-14-23(34)35/h7-8,10-11,16,22,24,26-27H,6,9,12-15H2,1-5H3,(H,34,35)/b8-7-,11-10-/t22-,24+,26+,27+,28+/m0/s1. The number of allylic oxidation sites excluding steroid dienone is 4. The fourth-order valence-electron chi connectivity index (χ4n) is 4.49. The van der Waals surface area contributed by atoms with Crippen molar-refractivity contribution in [3.63, 3.8) is 0 Å². The smallest absolute Gasteiger partial charge is 0.303 e. The maximum Gasteiger partial charge on any atom is 0.303 e. The summed E-state index contributed by atoms with van der Waals surface area (Å²) in [5.74, 6) is -6.64. The van der Waals surface area contributed by atoms with Gasteiger partial charge in [-0.2, -0.15) is 0 Å². The fourth-order valence-corrected chi connectivity index (χ4v) is 4.79. The molecule has 0 amide bonds. The molecule has 222 valence electrons. The number of esters is 4. The Labute approximate surface area is 238 Å². The molecule has 0 heterocycles. The normalized spacial score (nSPS) is 21.0. The first-order valence-corrected chi connectivity index (χ1v) is 13.3. The van der Waals surface area contributed by atoms with E-state index in [1.54, 1.807) is 12.2 Å². The molecule has 11 nitrogen and oxygen atoms in total. The number of carbonyl (C=O) groups excluding carboxylic acids is 5. The third-order valence-corrected chi connectivity index (χ3v) is 6.14. The first-order valence-electron chi connectivity index (χ1n) is 12.9. The maximum absolute atomic E-state index is 13.5. The second kappa shape index (κ2) is 16.6. The molecule has 0 radical (unpaired) electrons. The van der Waals surface area contributed by atoms with Gasteiger partial charge in [-0.25, -0.2) is 0 Å². The zero-order valence-electron chi connectivity index (χ0n) is 23.3. The largest absolute Gasteiger partial charge is 0.481 e. The van der Waals surface area contributed by atoms with Gasteiger partial charge in [-0.3, -0.25) is 28.8 Å². The van der Waals surface area contributed by atoms with Crippen LogP contribution in [0.15, 0.2) is 35.4 Å².